The number of phenols is 1. The van der Waals surface area contributed by atoms with E-state index in [1.807, 2.05) is 18.7 Å². The van der Waals surface area contributed by atoms with Crippen LogP contribution in [0, 0.1) is 5.82 Å². The summed E-state index contributed by atoms with van der Waals surface area (Å²) in [6, 6.07) is 4.57. The van der Waals surface area contributed by atoms with E-state index in [9.17, 15) is 9.50 Å². The summed E-state index contributed by atoms with van der Waals surface area (Å²) < 4.78 is 13.3. The predicted octanol–water partition coefficient (Wildman–Crippen LogP) is 3.86. The molecule has 1 aromatic rings. The Balaban J connectivity index is 2.03. The summed E-state index contributed by atoms with van der Waals surface area (Å²) in [6.07, 6.45) is 3.66. The van der Waals surface area contributed by atoms with Crippen LogP contribution in [0.5, 0.6) is 5.75 Å². The number of halogens is 1. The molecule has 1 fully saturated rings. The SMILES string of the molecule is CCSC1CCCC1NC(C)c1cc(F)ccc1O. The molecule has 106 valence electrons. The van der Waals surface area contributed by atoms with Crippen LogP contribution < -0.4 is 5.32 Å². The number of phenolic OH excluding ortho intramolecular Hbond substituents is 1. The third kappa shape index (κ3) is 3.63. The van der Waals surface area contributed by atoms with Gasteiger partial charge in [-0.2, -0.15) is 11.8 Å². The molecule has 0 aromatic heterocycles. The van der Waals surface area contributed by atoms with Crippen molar-refractivity contribution in [3.8, 4) is 5.75 Å². The van der Waals surface area contributed by atoms with Crippen LogP contribution in [-0.2, 0) is 0 Å². The summed E-state index contributed by atoms with van der Waals surface area (Å²) in [6.45, 7) is 4.17. The first kappa shape index (κ1) is 14.7. The van der Waals surface area contributed by atoms with Crippen molar-refractivity contribution in [1.29, 1.82) is 0 Å². The lowest BCUT2D eigenvalue weighted by Crippen LogP contribution is -2.36. The maximum Gasteiger partial charge on any atom is 0.123 e. The van der Waals surface area contributed by atoms with E-state index in [1.54, 1.807) is 0 Å². The zero-order valence-electron chi connectivity index (χ0n) is 11.5. The minimum atomic E-state index is -0.299. The highest BCUT2D eigenvalue weighted by atomic mass is 32.2. The van der Waals surface area contributed by atoms with Gasteiger partial charge < -0.3 is 10.4 Å². The zero-order valence-corrected chi connectivity index (χ0v) is 12.3. The molecule has 0 heterocycles. The van der Waals surface area contributed by atoms with Gasteiger partial charge in [0.25, 0.3) is 0 Å². The lowest BCUT2D eigenvalue weighted by atomic mass is 10.1. The molecule has 0 amide bonds. The Morgan fingerprint density at radius 1 is 1.47 bits per heavy atom. The molecule has 1 aromatic carbocycles. The van der Waals surface area contributed by atoms with Gasteiger partial charge >= 0.3 is 0 Å². The smallest absolute Gasteiger partial charge is 0.123 e. The standard InChI is InChI=1S/C15H22FNOS/c1-3-19-15-6-4-5-13(15)17-10(2)12-9-11(16)7-8-14(12)18/h7-10,13,15,17-18H,3-6H2,1-2H3. The molecule has 1 aliphatic carbocycles. The monoisotopic (exact) mass is 283 g/mol. The van der Waals surface area contributed by atoms with Gasteiger partial charge in [0, 0.05) is 22.9 Å². The van der Waals surface area contributed by atoms with Gasteiger partial charge in [-0.05, 0) is 43.7 Å². The second-order valence-corrected chi connectivity index (χ2v) is 6.64. The molecule has 0 aliphatic heterocycles. The number of benzene rings is 1. The number of nitrogens with one attached hydrogen (secondary N) is 1. The highest BCUT2D eigenvalue weighted by Crippen LogP contribution is 2.33. The van der Waals surface area contributed by atoms with Crippen molar-refractivity contribution in [3.05, 3.63) is 29.6 Å². The number of thioether (sulfide) groups is 1. The average Bonchev–Trinajstić information content (AvgIpc) is 2.80. The first-order valence-electron chi connectivity index (χ1n) is 6.98. The van der Waals surface area contributed by atoms with E-state index in [4.69, 9.17) is 0 Å². The van der Waals surface area contributed by atoms with E-state index in [0.717, 1.165) is 12.2 Å². The Hall–Kier alpha value is -0.740. The van der Waals surface area contributed by atoms with Gasteiger partial charge in [0.05, 0.1) is 0 Å². The van der Waals surface area contributed by atoms with Crippen molar-refractivity contribution < 1.29 is 9.50 Å². The van der Waals surface area contributed by atoms with Gasteiger partial charge in [0.15, 0.2) is 0 Å². The van der Waals surface area contributed by atoms with Crippen LogP contribution in [0.15, 0.2) is 18.2 Å². The van der Waals surface area contributed by atoms with Crippen LogP contribution in [0.4, 0.5) is 4.39 Å². The fraction of sp³-hybridized carbons (Fsp3) is 0.600. The van der Waals surface area contributed by atoms with E-state index in [0.29, 0.717) is 16.9 Å². The zero-order chi connectivity index (χ0) is 13.8. The second-order valence-electron chi connectivity index (χ2n) is 5.12. The molecule has 4 heteroatoms. The van der Waals surface area contributed by atoms with E-state index >= 15 is 0 Å². The Labute approximate surface area is 118 Å². The first-order chi connectivity index (χ1) is 9.11. The summed E-state index contributed by atoms with van der Waals surface area (Å²) in [7, 11) is 0. The van der Waals surface area contributed by atoms with E-state index in [1.165, 1.54) is 31.0 Å². The molecule has 19 heavy (non-hydrogen) atoms. The van der Waals surface area contributed by atoms with Crippen LogP contribution in [0.25, 0.3) is 0 Å². The van der Waals surface area contributed by atoms with Gasteiger partial charge in [0.2, 0.25) is 0 Å². The van der Waals surface area contributed by atoms with E-state index in [2.05, 4.69) is 12.2 Å². The lowest BCUT2D eigenvalue weighted by molar-refractivity contribution is 0.426. The number of hydrogen-bond donors (Lipinski definition) is 2. The summed E-state index contributed by atoms with van der Waals surface area (Å²) in [5.41, 5.74) is 0.646. The van der Waals surface area contributed by atoms with Crippen LogP contribution in [0.1, 0.15) is 44.7 Å². The molecule has 3 unspecified atom stereocenters. The molecular formula is C15H22FNOS. The van der Waals surface area contributed by atoms with Crippen LogP contribution >= 0.6 is 11.8 Å². The number of aromatic hydroxyl groups is 1. The molecule has 2 rings (SSSR count). The van der Waals surface area contributed by atoms with Crippen LogP contribution in [0.2, 0.25) is 0 Å². The molecule has 0 spiro atoms. The first-order valence-corrected chi connectivity index (χ1v) is 8.02. The molecule has 0 bridgehead atoms. The van der Waals surface area contributed by atoms with E-state index < -0.39 is 0 Å². The van der Waals surface area contributed by atoms with Gasteiger partial charge in [-0.3, -0.25) is 0 Å². The lowest BCUT2D eigenvalue weighted by Gasteiger charge is -2.25. The minimum Gasteiger partial charge on any atom is -0.508 e. The number of hydrogen-bond acceptors (Lipinski definition) is 3. The number of rotatable bonds is 5. The third-order valence-electron chi connectivity index (χ3n) is 3.75. The molecule has 0 saturated heterocycles. The van der Waals surface area contributed by atoms with Crippen molar-refractivity contribution in [1.82, 2.24) is 5.32 Å². The van der Waals surface area contributed by atoms with E-state index in [-0.39, 0.29) is 17.6 Å². The summed E-state index contributed by atoms with van der Waals surface area (Å²) in [4.78, 5) is 0. The molecule has 2 N–H and O–H groups in total. The Bertz CT molecular complexity index is 427. The fourth-order valence-electron chi connectivity index (χ4n) is 2.81. The van der Waals surface area contributed by atoms with Crippen molar-refractivity contribution in [2.75, 3.05) is 5.75 Å². The average molecular weight is 283 g/mol. The molecule has 3 atom stereocenters. The van der Waals surface area contributed by atoms with Gasteiger partial charge in [-0.15, -0.1) is 0 Å². The summed E-state index contributed by atoms with van der Waals surface area (Å²) >= 11 is 1.99. The van der Waals surface area contributed by atoms with Crippen molar-refractivity contribution >= 4 is 11.8 Å². The molecule has 1 saturated carbocycles. The normalized spacial score (nSPS) is 24.6. The van der Waals surface area contributed by atoms with Crippen LogP contribution in [0.3, 0.4) is 0 Å². The third-order valence-corrected chi connectivity index (χ3v) is 5.08. The summed E-state index contributed by atoms with van der Waals surface area (Å²) in [5, 5.41) is 14.0. The predicted molar refractivity (Wildman–Crippen MR) is 79.2 cm³/mol. The highest BCUT2D eigenvalue weighted by Gasteiger charge is 2.28. The molecular weight excluding hydrogens is 261 g/mol. The minimum absolute atomic E-state index is 0.0289. The van der Waals surface area contributed by atoms with Crippen LogP contribution in [-0.4, -0.2) is 22.2 Å². The van der Waals surface area contributed by atoms with Crippen molar-refractivity contribution in [2.24, 2.45) is 0 Å². The highest BCUT2D eigenvalue weighted by molar-refractivity contribution is 7.99. The van der Waals surface area contributed by atoms with Gasteiger partial charge in [-0.25, -0.2) is 4.39 Å². The quantitative estimate of drug-likeness (QED) is 0.860. The summed E-state index contributed by atoms with van der Waals surface area (Å²) in [5.74, 6) is 0.995. The fourth-order valence-corrected chi connectivity index (χ4v) is 4.02. The van der Waals surface area contributed by atoms with Crippen molar-refractivity contribution in [2.45, 2.75) is 50.4 Å². The van der Waals surface area contributed by atoms with Crippen molar-refractivity contribution in [3.63, 3.8) is 0 Å². The largest absolute Gasteiger partial charge is 0.508 e. The maximum absolute atomic E-state index is 13.3. The maximum atomic E-state index is 13.3. The van der Waals surface area contributed by atoms with Gasteiger partial charge in [-0.1, -0.05) is 13.3 Å². The molecule has 2 nitrogen and oxygen atoms in total. The van der Waals surface area contributed by atoms with Gasteiger partial charge in [0.1, 0.15) is 11.6 Å². The molecule has 0 radical (unpaired) electrons. The Morgan fingerprint density at radius 3 is 3.00 bits per heavy atom. The Kier molecular flexibility index (Phi) is 5.11. The second kappa shape index (κ2) is 6.62. The Morgan fingerprint density at radius 2 is 2.26 bits per heavy atom. The molecule has 1 aliphatic rings. The topological polar surface area (TPSA) is 32.3 Å².